The largest absolute Gasteiger partial charge is 0.268 e. The van der Waals surface area contributed by atoms with Gasteiger partial charge < -0.3 is 0 Å². The molecule has 0 spiro atoms. The van der Waals surface area contributed by atoms with Gasteiger partial charge in [-0.05, 0) is 37.3 Å². The molecular weight excluding hydrogens is 300 g/mol. The first-order valence-corrected chi connectivity index (χ1v) is 6.98. The molecule has 0 amide bonds. The Morgan fingerprint density at radius 2 is 1.78 bits per heavy atom. The van der Waals surface area contributed by atoms with Crippen LogP contribution >= 0.6 is 0 Å². The lowest BCUT2D eigenvalue weighted by Gasteiger charge is -2.08. The van der Waals surface area contributed by atoms with Crippen molar-refractivity contribution in [3.8, 4) is 11.3 Å². The Labute approximate surface area is 131 Å². The van der Waals surface area contributed by atoms with Crippen LogP contribution in [0.2, 0.25) is 0 Å². The third-order valence-corrected chi connectivity index (χ3v) is 3.28. The lowest BCUT2D eigenvalue weighted by molar-refractivity contribution is 0.583. The van der Waals surface area contributed by atoms with Gasteiger partial charge in [0.1, 0.15) is 11.6 Å². The van der Waals surface area contributed by atoms with Gasteiger partial charge >= 0.3 is 0 Å². The van der Waals surface area contributed by atoms with E-state index in [4.69, 9.17) is 0 Å². The van der Waals surface area contributed by atoms with Crippen molar-refractivity contribution in [1.29, 1.82) is 0 Å². The van der Waals surface area contributed by atoms with Crippen LogP contribution in [0.3, 0.4) is 0 Å². The van der Waals surface area contributed by atoms with Crippen LogP contribution < -0.4 is 5.56 Å². The Morgan fingerprint density at radius 3 is 2.48 bits per heavy atom. The summed E-state index contributed by atoms with van der Waals surface area (Å²) >= 11 is 0. The first-order chi connectivity index (χ1) is 11.0. The second-order valence-electron chi connectivity index (χ2n) is 5.14. The number of hydrogen-bond acceptors (Lipinski definition) is 3. The molecule has 4 nitrogen and oxygen atoms in total. The SMILES string of the molecule is Cc1cccc(Cn2nc(-c3cc(F)cc(F)c3)ccc2=O)n1. The lowest BCUT2D eigenvalue weighted by Crippen LogP contribution is -2.23. The predicted octanol–water partition coefficient (Wildman–Crippen LogP) is 2.94. The average Bonchev–Trinajstić information content (AvgIpc) is 2.48. The summed E-state index contributed by atoms with van der Waals surface area (Å²) in [6, 6.07) is 11.4. The van der Waals surface area contributed by atoms with Crippen LogP contribution in [0.5, 0.6) is 0 Å². The minimum absolute atomic E-state index is 0.187. The number of halogens is 2. The van der Waals surface area contributed by atoms with Crippen LogP contribution in [0, 0.1) is 18.6 Å². The van der Waals surface area contributed by atoms with E-state index < -0.39 is 11.6 Å². The zero-order chi connectivity index (χ0) is 16.4. The molecule has 116 valence electrons. The number of rotatable bonds is 3. The quantitative estimate of drug-likeness (QED) is 0.747. The highest BCUT2D eigenvalue weighted by Gasteiger charge is 2.08. The minimum Gasteiger partial charge on any atom is -0.268 e. The third-order valence-electron chi connectivity index (χ3n) is 3.28. The van der Waals surface area contributed by atoms with Gasteiger partial charge in [-0.2, -0.15) is 5.10 Å². The normalized spacial score (nSPS) is 10.7. The van der Waals surface area contributed by atoms with Gasteiger partial charge in [-0.15, -0.1) is 0 Å². The molecule has 0 aliphatic rings. The molecule has 6 heteroatoms. The van der Waals surface area contributed by atoms with E-state index in [0.29, 0.717) is 11.4 Å². The van der Waals surface area contributed by atoms with E-state index >= 15 is 0 Å². The maximum atomic E-state index is 13.3. The van der Waals surface area contributed by atoms with E-state index in [2.05, 4.69) is 10.1 Å². The average molecular weight is 313 g/mol. The van der Waals surface area contributed by atoms with Crippen LogP contribution in [0.4, 0.5) is 8.78 Å². The summed E-state index contributed by atoms with van der Waals surface area (Å²) in [6.45, 7) is 2.04. The number of benzene rings is 1. The van der Waals surface area contributed by atoms with Crippen LogP contribution in [0.25, 0.3) is 11.3 Å². The smallest absolute Gasteiger partial charge is 0.267 e. The molecule has 0 atom stereocenters. The van der Waals surface area contributed by atoms with Gasteiger partial charge in [0.15, 0.2) is 0 Å². The Balaban J connectivity index is 2.00. The van der Waals surface area contributed by atoms with Crippen LogP contribution in [-0.2, 0) is 6.54 Å². The summed E-state index contributed by atoms with van der Waals surface area (Å²) in [4.78, 5) is 16.3. The molecule has 0 saturated heterocycles. The predicted molar refractivity (Wildman–Crippen MR) is 81.9 cm³/mol. The Hall–Kier alpha value is -2.89. The fourth-order valence-electron chi connectivity index (χ4n) is 2.26. The molecule has 0 saturated carbocycles. The lowest BCUT2D eigenvalue weighted by atomic mass is 10.1. The summed E-state index contributed by atoms with van der Waals surface area (Å²) in [7, 11) is 0. The van der Waals surface area contributed by atoms with Crippen molar-refractivity contribution in [3.05, 3.63) is 81.9 Å². The number of hydrogen-bond donors (Lipinski definition) is 0. The molecule has 3 aromatic rings. The molecule has 0 fully saturated rings. The fraction of sp³-hybridized carbons (Fsp3) is 0.118. The Bertz CT molecular complexity index is 901. The maximum absolute atomic E-state index is 13.3. The van der Waals surface area contributed by atoms with Gasteiger partial charge in [0.05, 0.1) is 17.9 Å². The highest BCUT2D eigenvalue weighted by atomic mass is 19.1. The number of nitrogens with zero attached hydrogens (tertiary/aromatic N) is 3. The third kappa shape index (κ3) is 3.48. The van der Waals surface area contributed by atoms with Crippen molar-refractivity contribution in [2.75, 3.05) is 0 Å². The van der Waals surface area contributed by atoms with Crippen molar-refractivity contribution in [2.24, 2.45) is 0 Å². The van der Waals surface area contributed by atoms with Crippen molar-refractivity contribution in [2.45, 2.75) is 13.5 Å². The highest BCUT2D eigenvalue weighted by Crippen LogP contribution is 2.18. The van der Waals surface area contributed by atoms with Crippen molar-refractivity contribution < 1.29 is 8.78 Å². The maximum Gasteiger partial charge on any atom is 0.267 e. The van der Waals surface area contributed by atoms with Crippen molar-refractivity contribution >= 4 is 0 Å². The highest BCUT2D eigenvalue weighted by molar-refractivity contribution is 5.58. The molecule has 1 aromatic carbocycles. The molecule has 0 unspecified atom stereocenters. The molecule has 23 heavy (non-hydrogen) atoms. The van der Waals surface area contributed by atoms with Gasteiger partial charge in [-0.25, -0.2) is 13.5 Å². The van der Waals surface area contributed by atoms with Gasteiger partial charge in [0.2, 0.25) is 0 Å². The van der Waals surface area contributed by atoms with Gasteiger partial charge in [-0.3, -0.25) is 9.78 Å². The van der Waals surface area contributed by atoms with Crippen molar-refractivity contribution in [1.82, 2.24) is 14.8 Å². The van der Waals surface area contributed by atoms with Gasteiger partial charge in [0.25, 0.3) is 5.56 Å². The van der Waals surface area contributed by atoms with E-state index in [1.54, 1.807) is 6.07 Å². The molecule has 2 heterocycles. The topological polar surface area (TPSA) is 47.8 Å². The monoisotopic (exact) mass is 313 g/mol. The first kappa shape index (κ1) is 15.0. The molecule has 0 radical (unpaired) electrons. The zero-order valence-electron chi connectivity index (χ0n) is 12.3. The molecular formula is C17H13F2N3O. The molecule has 0 bridgehead atoms. The molecule has 0 aliphatic heterocycles. The van der Waals surface area contributed by atoms with Crippen LogP contribution in [-0.4, -0.2) is 14.8 Å². The van der Waals surface area contributed by atoms with E-state index in [-0.39, 0.29) is 17.7 Å². The Kier molecular flexibility index (Phi) is 3.97. The second kappa shape index (κ2) is 6.08. The first-order valence-electron chi connectivity index (χ1n) is 6.98. The molecule has 0 N–H and O–H groups in total. The van der Waals surface area contributed by atoms with Crippen LogP contribution in [0.15, 0.2) is 53.3 Å². The van der Waals surface area contributed by atoms with E-state index in [1.165, 1.54) is 28.9 Å². The van der Waals surface area contributed by atoms with Crippen LogP contribution in [0.1, 0.15) is 11.4 Å². The van der Waals surface area contributed by atoms with Gasteiger partial charge in [-0.1, -0.05) is 6.07 Å². The zero-order valence-corrected chi connectivity index (χ0v) is 12.3. The Morgan fingerprint density at radius 1 is 1.04 bits per heavy atom. The van der Waals surface area contributed by atoms with E-state index in [9.17, 15) is 13.6 Å². The minimum atomic E-state index is -0.695. The fourth-order valence-corrected chi connectivity index (χ4v) is 2.26. The summed E-state index contributed by atoms with van der Waals surface area (Å²) in [6.07, 6.45) is 0. The van der Waals surface area contributed by atoms with Gasteiger partial charge in [0, 0.05) is 23.4 Å². The molecule has 2 aromatic heterocycles. The number of aromatic nitrogens is 3. The number of aryl methyl sites for hydroxylation is 1. The molecule has 0 aliphatic carbocycles. The van der Waals surface area contributed by atoms with Crippen molar-refractivity contribution in [3.63, 3.8) is 0 Å². The summed E-state index contributed by atoms with van der Waals surface area (Å²) < 4.78 is 27.9. The summed E-state index contributed by atoms with van der Waals surface area (Å²) in [5, 5.41) is 4.18. The molecule has 3 rings (SSSR count). The van der Waals surface area contributed by atoms with E-state index in [0.717, 1.165) is 11.8 Å². The number of pyridine rings is 1. The second-order valence-corrected chi connectivity index (χ2v) is 5.14. The standard InChI is InChI=1S/C17H13F2N3O/c1-11-3-2-4-15(20-11)10-22-17(23)6-5-16(21-22)12-7-13(18)9-14(19)8-12/h2-9H,10H2,1H3. The van der Waals surface area contributed by atoms with E-state index in [1.807, 2.05) is 19.1 Å². The summed E-state index contributed by atoms with van der Waals surface area (Å²) in [5.74, 6) is -1.39. The summed E-state index contributed by atoms with van der Waals surface area (Å²) in [5.41, 5.74) is 1.79.